The van der Waals surface area contributed by atoms with E-state index in [0.717, 1.165) is 10.5 Å². The van der Waals surface area contributed by atoms with Crippen LogP contribution in [-0.2, 0) is 9.53 Å². The molecule has 0 fully saturated rings. The summed E-state index contributed by atoms with van der Waals surface area (Å²) in [7, 11) is 0. The Hall–Kier alpha value is -3.20. The average Bonchev–Trinajstić information content (AvgIpc) is 3.19. The van der Waals surface area contributed by atoms with E-state index in [-0.39, 0.29) is 18.5 Å². The third-order valence-corrected chi connectivity index (χ3v) is 5.21. The van der Waals surface area contributed by atoms with Crippen LogP contribution in [-0.4, -0.2) is 29.1 Å². The number of hydrogen-bond acceptors (Lipinski definition) is 6. The highest BCUT2D eigenvalue weighted by molar-refractivity contribution is 9.10. The summed E-state index contributed by atoms with van der Waals surface area (Å²) < 4.78 is 17.0. The number of benzene rings is 2. The van der Waals surface area contributed by atoms with Crippen LogP contribution in [0.15, 0.2) is 53.0 Å². The standard InChI is InChI=1S/C22H22BrNO7/c1-13(4-2-3-5-20(26)27)21(16-10-14(23)6-8-17(16)25)31-22(28)24-15-7-9-18-19(11-15)30-12-29-18/h3,5-11,13,21,25H,2,4,12H2,1H3,(H,24,28)(H,26,27)/b5-3+/t13-,21+/m1/s1. The molecule has 0 radical (unpaired) electrons. The Morgan fingerprint density at radius 3 is 2.77 bits per heavy atom. The topological polar surface area (TPSA) is 114 Å². The summed E-state index contributed by atoms with van der Waals surface area (Å²) in [4.78, 5) is 23.3. The second kappa shape index (κ2) is 10.2. The predicted octanol–water partition coefficient (Wildman–Crippen LogP) is 5.23. The summed E-state index contributed by atoms with van der Waals surface area (Å²) in [6.45, 7) is 1.99. The summed E-state index contributed by atoms with van der Waals surface area (Å²) >= 11 is 3.37. The van der Waals surface area contributed by atoms with E-state index >= 15 is 0 Å². The number of ether oxygens (including phenoxy) is 3. The number of carboxylic acids is 1. The molecule has 0 unspecified atom stereocenters. The predicted molar refractivity (Wildman–Crippen MR) is 116 cm³/mol. The number of carboxylic acid groups (broad SMARTS) is 1. The highest BCUT2D eigenvalue weighted by Crippen LogP contribution is 2.37. The third-order valence-electron chi connectivity index (χ3n) is 4.72. The van der Waals surface area contributed by atoms with Gasteiger partial charge in [0.25, 0.3) is 0 Å². The van der Waals surface area contributed by atoms with E-state index in [4.69, 9.17) is 19.3 Å². The van der Waals surface area contributed by atoms with Crippen molar-refractivity contribution in [1.29, 1.82) is 0 Å². The first kappa shape index (κ1) is 22.5. The number of allylic oxidation sites excluding steroid dienone is 1. The molecule has 31 heavy (non-hydrogen) atoms. The molecule has 1 heterocycles. The van der Waals surface area contributed by atoms with Crippen molar-refractivity contribution in [2.45, 2.75) is 25.9 Å². The Labute approximate surface area is 187 Å². The molecule has 0 saturated heterocycles. The number of phenolic OH excluding ortho intramolecular Hbond substituents is 1. The first-order chi connectivity index (χ1) is 14.8. The summed E-state index contributed by atoms with van der Waals surface area (Å²) in [5, 5.41) is 21.7. The Bertz CT molecular complexity index is 992. The Balaban J connectivity index is 1.74. The van der Waals surface area contributed by atoms with Crippen molar-refractivity contribution >= 4 is 33.7 Å². The van der Waals surface area contributed by atoms with Crippen LogP contribution >= 0.6 is 15.9 Å². The molecule has 0 aromatic heterocycles. The van der Waals surface area contributed by atoms with Crippen molar-refractivity contribution in [2.75, 3.05) is 12.1 Å². The number of aliphatic carboxylic acids is 1. The van der Waals surface area contributed by atoms with Gasteiger partial charge in [-0.3, -0.25) is 5.32 Å². The van der Waals surface area contributed by atoms with Crippen LogP contribution in [0.3, 0.4) is 0 Å². The number of carbonyl (C=O) groups is 2. The van der Waals surface area contributed by atoms with Gasteiger partial charge >= 0.3 is 12.1 Å². The second-order valence-electron chi connectivity index (χ2n) is 7.02. The highest BCUT2D eigenvalue weighted by Gasteiger charge is 2.26. The number of anilines is 1. The molecule has 0 spiro atoms. The smallest absolute Gasteiger partial charge is 0.412 e. The number of fused-ring (bicyclic) bond motifs is 1. The van der Waals surface area contributed by atoms with Crippen LogP contribution < -0.4 is 14.8 Å². The number of amides is 1. The SMILES string of the molecule is C[C@H](CC/C=C/C(=O)O)[C@H](OC(=O)Nc1ccc2c(c1)OCO2)c1cc(Br)ccc1O. The fourth-order valence-electron chi connectivity index (χ4n) is 3.17. The molecule has 1 amide bonds. The van der Waals surface area contributed by atoms with E-state index in [0.29, 0.717) is 35.6 Å². The lowest BCUT2D eigenvalue weighted by atomic mass is 9.92. The van der Waals surface area contributed by atoms with Crippen molar-refractivity contribution in [2.24, 2.45) is 5.92 Å². The van der Waals surface area contributed by atoms with Crippen LogP contribution in [0.2, 0.25) is 0 Å². The van der Waals surface area contributed by atoms with Gasteiger partial charge < -0.3 is 24.4 Å². The molecule has 3 rings (SSSR count). The van der Waals surface area contributed by atoms with Crippen LogP contribution in [0.5, 0.6) is 17.2 Å². The molecule has 1 aliphatic heterocycles. The lowest BCUT2D eigenvalue weighted by Gasteiger charge is -2.25. The molecule has 9 heteroatoms. The molecule has 0 aliphatic carbocycles. The first-order valence-corrected chi connectivity index (χ1v) is 10.4. The van der Waals surface area contributed by atoms with Gasteiger partial charge in [-0.2, -0.15) is 0 Å². The number of carbonyl (C=O) groups excluding carboxylic acids is 1. The van der Waals surface area contributed by atoms with Gasteiger partial charge in [-0.1, -0.05) is 28.9 Å². The van der Waals surface area contributed by atoms with E-state index in [1.807, 2.05) is 6.92 Å². The van der Waals surface area contributed by atoms with Gasteiger partial charge in [0.15, 0.2) is 11.5 Å². The molecule has 0 saturated carbocycles. The fraction of sp³-hybridized carbons (Fsp3) is 0.273. The Kier molecular flexibility index (Phi) is 7.41. The molecule has 1 aliphatic rings. The molecule has 2 aromatic rings. The maximum absolute atomic E-state index is 12.6. The van der Waals surface area contributed by atoms with E-state index < -0.39 is 18.2 Å². The zero-order valence-electron chi connectivity index (χ0n) is 16.7. The minimum absolute atomic E-state index is 0.00277. The highest BCUT2D eigenvalue weighted by atomic mass is 79.9. The molecular formula is C22H22BrNO7. The quantitative estimate of drug-likeness (QED) is 0.433. The maximum atomic E-state index is 12.6. The van der Waals surface area contributed by atoms with E-state index in [1.54, 1.807) is 36.4 Å². The minimum atomic E-state index is -1.02. The van der Waals surface area contributed by atoms with Gasteiger partial charge in [0.05, 0.1) is 0 Å². The molecule has 2 aromatic carbocycles. The minimum Gasteiger partial charge on any atom is -0.508 e. The Morgan fingerprint density at radius 2 is 2.00 bits per heavy atom. The van der Waals surface area contributed by atoms with Crippen molar-refractivity contribution in [3.05, 3.63) is 58.6 Å². The summed E-state index contributed by atoms with van der Waals surface area (Å²) in [6, 6.07) is 9.88. The van der Waals surface area contributed by atoms with E-state index in [9.17, 15) is 14.7 Å². The number of halogens is 1. The van der Waals surface area contributed by atoms with Crippen molar-refractivity contribution in [3.63, 3.8) is 0 Å². The number of nitrogens with one attached hydrogen (secondary N) is 1. The van der Waals surface area contributed by atoms with E-state index in [2.05, 4.69) is 21.2 Å². The van der Waals surface area contributed by atoms with Crippen molar-refractivity contribution in [3.8, 4) is 17.2 Å². The zero-order chi connectivity index (χ0) is 22.4. The second-order valence-corrected chi connectivity index (χ2v) is 7.93. The number of rotatable bonds is 8. The van der Waals surface area contributed by atoms with Gasteiger partial charge in [0, 0.05) is 27.9 Å². The molecule has 2 atom stereocenters. The molecule has 8 nitrogen and oxygen atoms in total. The van der Waals surface area contributed by atoms with Crippen LogP contribution in [0.1, 0.15) is 31.4 Å². The number of hydrogen-bond donors (Lipinski definition) is 3. The van der Waals surface area contributed by atoms with Crippen LogP contribution in [0, 0.1) is 5.92 Å². The lowest BCUT2D eigenvalue weighted by Crippen LogP contribution is -2.22. The van der Waals surface area contributed by atoms with Gasteiger partial charge in [-0.05, 0) is 49.1 Å². The van der Waals surface area contributed by atoms with Gasteiger partial charge in [-0.15, -0.1) is 0 Å². The van der Waals surface area contributed by atoms with Gasteiger partial charge in [0.2, 0.25) is 6.79 Å². The normalized spacial score (nSPS) is 14.3. The fourth-order valence-corrected chi connectivity index (χ4v) is 3.55. The average molecular weight is 492 g/mol. The molecule has 0 bridgehead atoms. The van der Waals surface area contributed by atoms with E-state index in [1.165, 1.54) is 6.07 Å². The van der Waals surface area contributed by atoms with Gasteiger partial charge in [-0.25, -0.2) is 9.59 Å². The van der Waals surface area contributed by atoms with Gasteiger partial charge in [0.1, 0.15) is 11.9 Å². The lowest BCUT2D eigenvalue weighted by molar-refractivity contribution is -0.131. The first-order valence-electron chi connectivity index (χ1n) is 9.58. The third kappa shape index (κ3) is 6.14. The molecular weight excluding hydrogens is 470 g/mol. The summed E-state index contributed by atoms with van der Waals surface area (Å²) in [5.41, 5.74) is 0.924. The monoisotopic (exact) mass is 491 g/mol. The van der Waals surface area contributed by atoms with Crippen LogP contribution in [0.25, 0.3) is 0 Å². The molecule has 164 valence electrons. The number of aromatic hydroxyl groups is 1. The summed E-state index contributed by atoms with van der Waals surface area (Å²) in [5.74, 6) is -0.109. The summed E-state index contributed by atoms with van der Waals surface area (Å²) in [6.07, 6.45) is 2.18. The van der Waals surface area contributed by atoms with Crippen molar-refractivity contribution in [1.82, 2.24) is 0 Å². The van der Waals surface area contributed by atoms with Crippen LogP contribution in [0.4, 0.5) is 10.5 Å². The maximum Gasteiger partial charge on any atom is 0.412 e. The van der Waals surface area contributed by atoms with Crippen molar-refractivity contribution < 1.29 is 34.0 Å². The largest absolute Gasteiger partial charge is 0.508 e. The number of phenols is 1. The molecule has 3 N–H and O–H groups in total. The Morgan fingerprint density at radius 1 is 1.23 bits per heavy atom. The zero-order valence-corrected chi connectivity index (χ0v) is 18.3.